The Morgan fingerprint density at radius 1 is 1.25 bits per heavy atom. The standard InChI is InChI=1S/C14H13BrN2O2S/c15-13-7-9(14(19)17-16)1-2-10(13)8-20-12-5-3-11(18)4-6-12/h1-7,18H,8,16H2,(H,17,19). The minimum atomic E-state index is -0.316. The van der Waals surface area contributed by atoms with Gasteiger partial charge in [-0.05, 0) is 42.0 Å². The lowest BCUT2D eigenvalue weighted by molar-refractivity contribution is 0.0953. The number of carbonyl (C=O) groups excluding carboxylic acids is 1. The first kappa shape index (κ1) is 14.9. The van der Waals surface area contributed by atoms with Crippen molar-refractivity contribution < 1.29 is 9.90 Å². The number of nitrogen functional groups attached to an aromatic ring is 1. The van der Waals surface area contributed by atoms with Crippen molar-refractivity contribution in [3.05, 3.63) is 58.1 Å². The number of nitrogens with one attached hydrogen (secondary N) is 1. The molecule has 0 bridgehead atoms. The molecule has 4 N–H and O–H groups in total. The van der Waals surface area contributed by atoms with Gasteiger partial charge in [-0.1, -0.05) is 22.0 Å². The zero-order valence-corrected chi connectivity index (χ0v) is 12.9. The van der Waals surface area contributed by atoms with Crippen molar-refractivity contribution in [2.45, 2.75) is 10.6 Å². The maximum atomic E-state index is 11.4. The van der Waals surface area contributed by atoms with Crippen molar-refractivity contribution in [2.24, 2.45) is 5.84 Å². The van der Waals surface area contributed by atoms with Gasteiger partial charge in [0.2, 0.25) is 0 Å². The quantitative estimate of drug-likeness (QED) is 0.342. The molecular formula is C14H13BrN2O2S. The zero-order valence-electron chi connectivity index (χ0n) is 10.5. The first-order chi connectivity index (χ1) is 9.60. The van der Waals surface area contributed by atoms with E-state index in [9.17, 15) is 9.90 Å². The molecule has 6 heteroatoms. The molecule has 0 aromatic heterocycles. The molecule has 2 aromatic rings. The lowest BCUT2D eigenvalue weighted by atomic mass is 10.1. The van der Waals surface area contributed by atoms with Gasteiger partial charge >= 0.3 is 0 Å². The number of halogens is 1. The summed E-state index contributed by atoms with van der Waals surface area (Å²) in [4.78, 5) is 12.5. The van der Waals surface area contributed by atoms with Crippen LogP contribution in [0.25, 0.3) is 0 Å². The SMILES string of the molecule is NNC(=O)c1ccc(CSc2ccc(O)cc2)c(Br)c1. The van der Waals surface area contributed by atoms with Crippen molar-refractivity contribution in [1.29, 1.82) is 0 Å². The Morgan fingerprint density at radius 2 is 1.95 bits per heavy atom. The van der Waals surface area contributed by atoms with Crippen molar-refractivity contribution in [3.63, 3.8) is 0 Å². The van der Waals surface area contributed by atoms with E-state index in [2.05, 4.69) is 21.4 Å². The van der Waals surface area contributed by atoms with Gasteiger partial charge in [0.15, 0.2) is 0 Å². The molecular weight excluding hydrogens is 340 g/mol. The molecule has 2 rings (SSSR count). The second kappa shape index (κ2) is 6.78. The third-order valence-electron chi connectivity index (χ3n) is 2.68. The number of benzene rings is 2. The first-order valence-corrected chi connectivity index (χ1v) is 7.59. The fourth-order valence-corrected chi connectivity index (χ4v) is 3.20. The minimum Gasteiger partial charge on any atom is -0.508 e. The van der Waals surface area contributed by atoms with Crippen molar-refractivity contribution in [3.8, 4) is 5.75 Å². The summed E-state index contributed by atoms with van der Waals surface area (Å²) in [6.07, 6.45) is 0. The monoisotopic (exact) mass is 352 g/mol. The van der Waals surface area contributed by atoms with Gasteiger partial charge in [0, 0.05) is 20.7 Å². The molecule has 0 fully saturated rings. The van der Waals surface area contributed by atoms with Crippen LogP contribution in [0, 0.1) is 0 Å². The van der Waals surface area contributed by atoms with E-state index in [4.69, 9.17) is 5.84 Å². The number of carbonyl (C=O) groups is 1. The molecule has 0 saturated carbocycles. The number of phenols is 1. The number of hydrogen-bond donors (Lipinski definition) is 3. The summed E-state index contributed by atoms with van der Waals surface area (Å²) in [6.45, 7) is 0. The summed E-state index contributed by atoms with van der Waals surface area (Å²) >= 11 is 5.11. The third-order valence-corrected chi connectivity index (χ3v) is 4.48. The van der Waals surface area contributed by atoms with Crippen LogP contribution in [0.1, 0.15) is 15.9 Å². The smallest absolute Gasteiger partial charge is 0.265 e. The summed E-state index contributed by atoms with van der Waals surface area (Å²) in [5.74, 6) is 5.80. The van der Waals surface area contributed by atoms with Crippen molar-refractivity contribution in [2.75, 3.05) is 0 Å². The predicted octanol–water partition coefficient (Wildman–Crippen LogP) is 3.05. The van der Waals surface area contributed by atoms with Crippen LogP contribution < -0.4 is 11.3 Å². The van der Waals surface area contributed by atoms with Crippen LogP contribution in [0.15, 0.2) is 51.8 Å². The van der Waals surface area contributed by atoms with Crippen LogP contribution in [0.5, 0.6) is 5.75 Å². The lowest BCUT2D eigenvalue weighted by Crippen LogP contribution is -2.29. The van der Waals surface area contributed by atoms with E-state index in [-0.39, 0.29) is 11.7 Å². The number of thioether (sulfide) groups is 1. The number of phenolic OH excluding ortho intramolecular Hbond substituents is 1. The molecule has 0 saturated heterocycles. The molecule has 0 unspecified atom stereocenters. The van der Waals surface area contributed by atoms with Gasteiger partial charge in [0.1, 0.15) is 5.75 Å². The number of rotatable bonds is 4. The molecule has 1 amide bonds. The van der Waals surface area contributed by atoms with Gasteiger partial charge < -0.3 is 5.11 Å². The average Bonchev–Trinajstić information content (AvgIpc) is 2.46. The second-order valence-electron chi connectivity index (χ2n) is 4.06. The van der Waals surface area contributed by atoms with Crippen LogP contribution in [0.3, 0.4) is 0 Å². The number of hydrazine groups is 1. The fourth-order valence-electron chi connectivity index (χ4n) is 1.59. The van der Waals surface area contributed by atoms with Crippen molar-refractivity contribution in [1.82, 2.24) is 5.43 Å². The van der Waals surface area contributed by atoms with Crippen LogP contribution >= 0.6 is 27.7 Å². The topological polar surface area (TPSA) is 75.3 Å². The normalized spacial score (nSPS) is 10.3. The van der Waals surface area contributed by atoms with E-state index in [1.54, 1.807) is 36.0 Å². The van der Waals surface area contributed by atoms with Crippen LogP contribution in [-0.4, -0.2) is 11.0 Å². The van der Waals surface area contributed by atoms with E-state index >= 15 is 0 Å². The number of nitrogens with two attached hydrogens (primary N) is 1. The Balaban J connectivity index is 2.06. The second-order valence-corrected chi connectivity index (χ2v) is 5.97. The highest BCUT2D eigenvalue weighted by Gasteiger charge is 2.07. The van der Waals surface area contributed by atoms with E-state index < -0.39 is 0 Å². The molecule has 20 heavy (non-hydrogen) atoms. The maximum Gasteiger partial charge on any atom is 0.265 e. The average molecular weight is 353 g/mol. The molecule has 2 aromatic carbocycles. The summed E-state index contributed by atoms with van der Waals surface area (Å²) in [5.41, 5.74) is 3.69. The molecule has 0 atom stereocenters. The summed E-state index contributed by atoms with van der Waals surface area (Å²) in [5, 5.41) is 9.23. The minimum absolute atomic E-state index is 0.257. The van der Waals surface area contributed by atoms with Crippen LogP contribution in [0.2, 0.25) is 0 Å². The van der Waals surface area contributed by atoms with Gasteiger partial charge in [0.25, 0.3) is 5.91 Å². The van der Waals surface area contributed by atoms with E-state index in [1.165, 1.54) is 0 Å². The molecule has 0 aliphatic carbocycles. The molecule has 0 radical (unpaired) electrons. The molecule has 0 aliphatic rings. The summed E-state index contributed by atoms with van der Waals surface area (Å²) < 4.78 is 0.866. The van der Waals surface area contributed by atoms with E-state index in [0.717, 1.165) is 20.7 Å². The fraction of sp³-hybridized carbons (Fsp3) is 0.0714. The van der Waals surface area contributed by atoms with Crippen LogP contribution in [0.4, 0.5) is 0 Å². The first-order valence-electron chi connectivity index (χ1n) is 5.81. The zero-order chi connectivity index (χ0) is 14.5. The Labute approximate surface area is 129 Å². The van der Waals surface area contributed by atoms with Gasteiger partial charge in [-0.2, -0.15) is 0 Å². The Hall–Kier alpha value is -1.50. The lowest BCUT2D eigenvalue weighted by Gasteiger charge is -2.07. The Morgan fingerprint density at radius 3 is 2.55 bits per heavy atom. The maximum absolute atomic E-state index is 11.4. The number of amides is 1. The summed E-state index contributed by atoms with van der Waals surface area (Å²) in [7, 11) is 0. The number of aromatic hydroxyl groups is 1. The molecule has 0 heterocycles. The Kier molecular flexibility index (Phi) is 5.05. The molecule has 0 aliphatic heterocycles. The van der Waals surface area contributed by atoms with E-state index in [1.807, 2.05) is 18.2 Å². The molecule has 104 valence electrons. The Bertz CT molecular complexity index is 617. The van der Waals surface area contributed by atoms with Crippen molar-refractivity contribution >= 4 is 33.6 Å². The van der Waals surface area contributed by atoms with Gasteiger partial charge in [-0.15, -0.1) is 11.8 Å². The molecule has 0 spiro atoms. The largest absolute Gasteiger partial charge is 0.508 e. The highest BCUT2D eigenvalue weighted by molar-refractivity contribution is 9.10. The third kappa shape index (κ3) is 3.75. The highest BCUT2D eigenvalue weighted by atomic mass is 79.9. The van der Waals surface area contributed by atoms with Gasteiger partial charge in [-0.25, -0.2) is 5.84 Å². The number of hydrogen-bond acceptors (Lipinski definition) is 4. The predicted molar refractivity (Wildman–Crippen MR) is 83.5 cm³/mol. The molecule has 4 nitrogen and oxygen atoms in total. The highest BCUT2D eigenvalue weighted by Crippen LogP contribution is 2.28. The van der Waals surface area contributed by atoms with Crippen LogP contribution in [-0.2, 0) is 5.75 Å². The summed E-state index contributed by atoms with van der Waals surface area (Å²) in [6, 6.07) is 12.4. The van der Waals surface area contributed by atoms with Gasteiger partial charge in [-0.3, -0.25) is 10.2 Å². The van der Waals surface area contributed by atoms with E-state index in [0.29, 0.717) is 5.56 Å². The van der Waals surface area contributed by atoms with Gasteiger partial charge in [0.05, 0.1) is 0 Å².